The van der Waals surface area contributed by atoms with Crippen LogP contribution in [0.25, 0.3) is 0 Å². The minimum absolute atomic E-state index is 0. The second-order valence-electron chi connectivity index (χ2n) is 3.06. The van der Waals surface area contributed by atoms with Gasteiger partial charge in [0.05, 0.1) is 6.61 Å². The summed E-state index contributed by atoms with van der Waals surface area (Å²) in [6, 6.07) is 6.14. The lowest BCUT2D eigenvalue weighted by Gasteiger charge is -2.10. The van der Waals surface area contributed by atoms with Gasteiger partial charge in [-0.15, -0.1) is 12.4 Å². The van der Waals surface area contributed by atoms with Crippen LogP contribution in [0.15, 0.2) is 24.3 Å². The molecule has 1 aromatic carbocycles. The number of anilines is 1. The first-order valence-electron chi connectivity index (χ1n) is 4.44. The van der Waals surface area contributed by atoms with E-state index >= 15 is 0 Å². The Balaban J connectivity index is 0.00000225. The first kappa shape index (κ1) is 15.2. The zero-order chi connectivity index (χ0) is 11.3. The van der Waals surface area contributed by atoms with Gasteiger partial charge in [-0.05, 0) is 24.3 Å². The zero-order valence-electron chi connectivity index (χ0n) is 8.77. The third-order valence-corrected chi connectivity index (χ3v) is 2.05. The highest BCUT2D eigenvalue weighted by atomic mass is 35.5. The van der Waals surface area contributed by atoms with Crippen LogP contribution in [0, 0.1) is 0 Å². The van der Waals surface area contributed by atoms with E-state index in [0.29, 0.717) is 10.7 Å². The summed E-state index contributed by atoms with van der Waals surface area (Å²) in [5.41, 5.74) is 6.21. The molecule has 1 unspecified atom stereocenters. The molecule has 0 aromatic heterocycles. The number of hydrogen-bond acceptors (Lipinski definition) is 3. The first-order chi connectivity index (χ1) is 7.13. The van der Waals surface area contributed by atoms with Gasteiger partial charge in [0, 0.05) is 17.8 Å². The van der Waals surface area contributed by atoms with Gasteiger partial charge in [0.15, 0.2) is 0 Å². The van der Waals surface area contributed by atoms with E-state index in [1.165, 1.54) is 7.11 Å². The molecule has 0 aliphatic carbocycles. The molecular weight excluding hydrogens is 251 g/mol. The average Bonchev–Trinajstić information content (AvgIpc) is 2.22. The van der Waals surface area contributed by atoms with E-state index in [1.54, 1.807) is 24.3 Å². The number of halogens is 2. The van der Waals surface area contributed by atoms with Crippen molar-refractivity contribution in [3.63, 3.8) is 0 Å². The van der Waals surface area contributed by atoms with Crippen LogP contribution in [-0.4, -0.2) is 25.7 Å². The van der Waals surface area contributed by atoms with Crippen molar-refractivity contribution in [2.75, 3.05) is 19.0 Å². The van der Waals surface area contributed by atoms with Crippen LogP contribution in [0.2, 0.25) is 5.02 Å². The van der Waals surface area contributed by atoms with Crippen molar-refractivity contribution < 1.29 is 9.53 Å². The van der Waals surface area contributed by atoms with Gasteiger partial charge in [-0.1, -0.05) is 11.6 Å². The standard InChI is InChI=1S/C10H13ClN2O2.ClH/c1-15-6-9(12)10(14)13-8-4-2-7(11)3-5-8;/h2-5,9H,6,12H2,1H3,(H,13,14);1H. The number of benzene rings is 1. The van der Waals surface area contributed by atoms with E-state index in [1.807, 2.05) is 0 Å². The van der Waals surface area contributed by atoms with E-state index in [0.717, 1.165) is 0 Å². The second-order valence-corrected chi connectivity index (χ2v) is 3.49. The van der Waals surface area contributed by atoms with Crippen LogP contribution in [0.3, 0.4) is 0 Å². The molecule has 1 rings (SSSR count). The molecule has 0 saturated heterocycles. The molecule has 0 aliphatic heterocycles. The SMILES string of the molecule is COCC(N)C(=O)Nc1ccc(Cl)cc1.Cl. The summed E-state index contributed by atoms with van der Waals surface area (Å²) in [6.45, 7) is 0.194. The molecule has 1 atom stereocenters. The van der Waals surface area contributed by atoms with Crippen molar-refractivity contribution in [2.24, 2.45) is 5.73 Å². The summed E-state index contributed by atoms with van der Waals surface area (Å²) in [6.07, 6.45) is 0. The molecule has 0 aliphatic rings. The van der Waals surface area contributed by atoms with Crippen LogP contribution in [0.1, 0.15) is 0 Å². The number of nitrogens with two attached hydrogens (primary N) is 1. The maximum absolute atomic E-state index is 11.4. The molecule has 0 saturated carbocycles. The third-order valence-electron chi connectivity index (χ3n) is 1.79. The summed E-state index contributed by atoms with van der Waals surface area (Å²) in [5, 5.41) is 3.27. The van der Waals surface area contributed by atoms with Crippen molar-refractivity contribution in [1.82, 2.24) is 0 Å². The normalized spacial score (nSPS) is 11.4. The van der Waals surface area contributed by atoms with Gasteiger partial charge < -0.3 is 15.8 Å². The summed E-state index contributed by atoms with van der Waals surface area (Å²) < 4.78 is 4.77. The van der Waals surface area contributed by atoms with Gasteiger partial charge in [-0.2, -0.15) is 0 Å². The Bertz CT molecular complexity index is 330. The fraction of sp³-hybridized carbons (Fsp3) is 0.300. The average molecular weight is 265 g/mol. The highest BCUT2D eigenvalue weighted by Crippen LogP contribution is 2.13. The van der Waals surface area contributed by atoms with Gasteiger partial charge in [0.25, 0.3) is 0 Å². The van der Waals surface area contributed by atoms with Crippen molar-refractivity contribution in [1.29, 1.82) is 0 Å². The van der Waals surface area contributed by atoms with Gasteiger partial charge in [0.2, 0.25) is 5.91 Å². The number of hydrogen-bond donors (Lipinski definition) is 2. The van der Waals surface area contributed by atoms with Crippen molar-refractivity contribution >= 4 is 35.6 Å². The van der Waals surface area contributed by atoms with Gasteiger partial charge in [-0.3, -0.25) is 4.79 Å². The molecule has 0 bridgehead atoms. The highest BCUT2D eigenvalue weighted by molar-refractivity contribution is 6.30. The lowest BCUT2D eigenvalue weighted by Crippen LogP contribution is -2.39. The summed E-state index contributed by atoms with van der Waals surface area (Å²) in [7, 11) is 1.50. The Kier molecular flexibility index (Phi) is 7.08. The number of methoxy groups -OCH3 is 1. The molecule has 16 heavy (non-hydrogen) atoms. The number of ether oxygens (including phenoxy) is 1. The molecule has 0 spiro atoms. The molecule has 3 N–H and O–H groups in total. The number of carbonyl (C=O) groups excluding carboxylic acids is 1. The summed E-state index contributed by atoms with van der Waals surface area (Å²) >= 11 is 5.70. The predicted molar refractivity (Wildman–Crippen MR) is 67.2 cm³/mol. The fourth-order valence-electron chi connectivity index (χ4n) is 1.02. The molecular formula is C10H14Cl2N2O2. The number of nitrogens with one attached hydrogen (secondary N) is 1. The lowest BCUT2D eigenvalue weighted by molar-refractivity contribution is -0.118. The van der Waals surface area contributed by atoms with E-state index in [4.69, 9.17) is 22.1 Å². The summed E-state index contributed by atoms with van der Waals surface area (Å²) in [5.74, 6) is -0.279. The predicted octanol–water partition coefficient (Wildman–Crippen LogP) is 1.67. The molecule has 0 fully saturated rings. The molecule has 90 valence electrons. The van der Waals surface area contributed by atoms with Gasteiger partial charge >= 0.3 is 0 Å². The third kappa shape index (κ3) is 4.81. The van der Waals surface area contributed by atoms with Gasteiger partial charge in [-0.25, -0.2) is 0 Å². The maximum atomic E-state index is 11.4. The second kappa shape index (κ2) is 7.46. The van der Waals surface area contributed by atoms with Crippen LogP contribution in [0.5, 0.6) is 0 Å². The molecule has 0 radical (unpaired) electrons. The largest absolute Gasteiger partial charge is 0.383 e. The zero-order valence-corrected chi connectivity index (χ0v) is 10.3. The van der Waals surface area contributed by atoms with E-state index in [9.17, 15) is 4.79 Å². The molecule has 6 heteroatoms. The maximum Gasteiger partial charge on any atom is 0.243 e. The Morgan fingerprint density at radius 3 is 2.56 bits per heavy atom. The number of carbonyl (C=O) groups is 1. The first-order valence-corrected chi connectivity index (χ1v) is 4.82. The Hall–Kier alpha value is -0.810. The summed E-state index contributed by atoms with van der Waals surface area (Å²) in [4.78, 5) is 11.4. The molecule has 1 aromatic rings. The lowest BCUT2D eigenvalue weighted by atomic mass is 10.2. The molecule has 0 heterocycles. The quantitative estimate of drug-likeness (QED) is 0.870. The van der Waals surface area contributed by atoms with Crippen LogP contribution in [0.4, 0.5) is 5.69 Å². The minimum atomic E-state index is -0.661. The van der Waals surface area contributed by atoms with Crippen molar-refractivity contribution in [2.45, 2.75) is 6.04 Å². The van der Waals surface area contributed by atoms with Crippen LogP contribution >= 0.6 is 24.0 Å². The van der Waals surface area contributed by atoms with Crippen molar-refractivity contribution in [3.05, 3.63) is 29.3 Å². The van der Waals surface area contributed by atoms with Crippen LogP contribution < -0.4 is 11.1 Å². The Labute approximate surface area is 106 Å². The van der Waals surface area contributed by atoms with Gasteiger partial charge in [0.1, 0.15) is 6.04 Å². The van der Waals surface area contributed by atoms with E-state index < -0.39 is 6.04 Å². The number of rotatable bonds is 4. The molecule has 4 nitrogen and oxygen atoms in total. The molecule has 1 amide bonds. The Morgan fingerprint density at radius 2 is 2.06 bits per heavy atom. The smallest absolute Gasteiger partial charge is 0.243 e. The van der Waals surface area contributed by atoms with E-state index in [-0.39, 0.29) is 24.9 Å². The minimum Gasteiger partial charge on any atom is -0.383 e. The topological polar surface area (TPSA) is 64.3 Å². The fourth-order valence-corrected chi connectivity index (χ4v) is 1.15. The van der Waals surface area contributed by atoms with E-state index in [2.05, 4.69) is 5.32 Å². The van der Waals surface area contributed by atoms with Crippen molar-refractivity contribution in [3.8, 4) is 0 Å². The van der Waals surface area contributed by atoms with Crippen LogP contribution in [-0.2, 0) is 9.53 Å². The Morgan fingerprint density at radius 1 is 1.50 bits per heavy atom. The number of amides is 1. The highest BCUT2D eigenvalue weighted by Gasteiger charge is 2.12. The monoisotopic (exact) mass is 264 g/mol.